The summed E-state index contributed by atoms with van der Waals surface area (Å²) in [5.74, 6) is 1.37. The lowest BCUT2D eigenvalue weighted by atomic mass is 10.1. The smallest absolute Gasteiger partial charge is 0.223 e. The van der Waals surface area contributed by atoms with E-state index >= 15 is 0 Å². The maximum Gasteiger partial charge on any atom is 0.223 e. The lowest BCUT2D eigenvalue weighted by molar-refractivity contribution is 0.535. The minimum atomic E-state index is 0.573. The second kappa shape index (κ2) is 8.39. The molecule has 0 bridgehead atoms. The van der Waals surface area contributed by atoms with Crippen molar-refractivity contribution in [3.8, 4) is 22.5 Å². The summed E-state index contributed by atoms with van der Waals surface area (Å²) in [5.41, 5.74) is 4.31. The molecule has 0 saturated carbocycles. The molecule has 4 rings (SSSR count). The molecule has 0 unspecified atom stereocenters. The lowest BCUT2D eigenvalue weighted by Crippen LogP contribution is -2.08. The summed E-state index contributed by atoms with van der Waals surface area (Å²) in [5, 5.41) is 3.30. The number of anilines is 1. The summed E-state index contributed by atoms with van der Waals surface area (Å²) >= 11 is 0. The third kappa shape index (κ3) is 4.03. The molecule has 0 fully saturated rings. The fourth-order valence-corrected chi connectivity index (χ4v) is 2.94. The Morgan fingerprint density at radius 3 is 2.68 bits per heavy atom. The van der Waals surface area contributed by atoms with Gasteiger partial charge in [-0.1, -0.05) is 6.07 Å². The molecule has 4 aromatic rings. The van der Waals surface area contributed by atoms with Gasteiger partial charge in [0.25, 0.3) is 0 Å². The van der Waals surface area contributed by atoms with Crippen LogP contribution in [0.1, 0.15) is 17.9 Å². The molecule has 0 aliphatic rings. The Labute approximate surface area is 163 Å². The number of aromatic nitrogens is 5. The number of furan rings is 1. The van der Waals surface area contributed by atoms with Crippen molar-refractivity contribution >= 4 is 5.95 Å². The van der Waals surface area contributed by atoms with E-state index in [9.17, 15) is 0 Å². The molecule has 0 amide bonds. The molecule has 7 heteroatoms. The van der Waals surface area contributed by atoms with Gasteiger partial charge in [-0.05, 0) is 38.0 Å². The van der Waals surface area contributed by atoms with Gasteiger partial charge in [0.2, 0.25) is 5.95 Å². The highest BCUT2D eigenvalue weighted by molar-refractivity contribution is 5.79. The van der Waals surface area contributed by atoms with Crippen LogP contribution in [0.5, 0.6) is 0 Å². The Balaban J connectivity index is 1.54. The van der Waals surface area contributed by atoms with E-state index in [0.717, 1.165) is 53.4 Å². The van der Waals surface area contributed by atoms with Crippen LogP contribution in [-0.4, -0.2) is 31.5 Å². The van der Waals surface area contributed by atoms with Crippen LogP contribution in [0.3, 0.4) is 0 Å². The first kappa shape index (κ1) is 17.8. The van der Waals surface area contributed by atoms with Gasteiger partial charge < -0.3 is 9.73 Å². The van der Waals surface area contributed by atoms with Gasteiger partial charge in [-0.25, -0.2) is 9.97 Å². The number of pyridine rings is 1. The van der Waals surface area contributed by atoms with E-state index in [0.29, 0.717) is 5.95 Å². The SMILES string of the molecule is Cc1occc1-c1nc(NCCCc2ccccn2)ncc1-c1cnccn1. The van der Waals surface area contributed by atoms with Crippen LogP contribution in [0.25, 0.3) is 22.5 Å². The van der Waals surface area contributed by atoms with Gasteiger partial charge in [0.05, 0.1) is 23.8 Å². The minimum Gasteiger partial charge on any atom is -0.469 e. The maximum atomic E-state index is 5.47. The molecule has 0 atom stereocenters. The zero-order chi connectivity index (χ0) is 19.2. The summed E-state index contributed by atoms with van der Waals surface area (Å²) < 4.78 is 5.47. The Morgan fingerprint density at radius 2 is 1.93 bits per heavy atom. The van der Waals surface area contributed by atoms with Crippen molar-refractivity contribution in [2.75, 3.05) is 11.9 Å². The predicted molar refractivity (Wildman–Crippen MR) is 107 cm³/mol. The van der Waals surface area contributed by atoms with Gasteiger partial charge >= 0.3 is 0 Å². The predicted octanol–water partition coefficient (Wildman–Crippen LogP) is 3.94. The minimum absolute atomic E-state index is 0.573. The number of aryl methyl sites for hydroxylation is 2. The molecular formula is C21H20N6O. The fraction of sp³-hybridized carbons (Fsp3) is 0.190. The lowest BCUT2D eigenvalue weighted by Gasteiger charge is -2.10. The van der Waals surface area contributed by atoms with E-state index in [4.69, 9.17) is 9.40 Å². The monoisotopic (exact) mass is 372 g/mol. The topological polar surface area (TPSA) is 89.6 Å². The van der Waals surface area contributed by atoms with Crippen LogP contribution in [-0.2, 0) is 6.42 Å². The molecule has 0 saturated heterocycles. The first-order valence-electron chi connectivity index (χ1n) is 9.13. The van der Waals surface area contributed by atoms with E-state index in [2.05, 4.69) is 25.3 Å². The van der Waals surface area contributed by atoms with Crippen molar-refractivity contribution < 1.29 is 4.42 Å². The van der Waals surface area contributed by atoms with Gasteiger partial charge in [0, 0.05) is 48.2 Å². The van der Waals surface area contributed by atoms with E-state index in [1.165, 1.54) is 0 Å². The van der Waals surface area contributed by atoms with Crippen LogP contribution in [0, 0.1) is 6.92 Å². The maximum absolute atomic E-state index is 5.47. The Hall–Kier alpha value is -3.61. The first-order chi connectivity index (χ1) is 13.8. The van der Waals surface area contributed by atoms with Crippen LogP contribution in [0.4, 0.5) is 5.95 Å². The largest absolute Gasteiger partial charge is 0.469 e. The van der Waals surface area contributed by atoms with Crippen molar-refractivity contribution in [3.63, 3.8) is 0 Å². The van der Waals surface area contributed by atoms with Crippen molar-refractivity contribution in [3.05, 3.63) is 73.0 Å². The normalized spacial score (nSPS) is 10.8. The van der Waals surface area contributed by atoms with E-state index < -0.39 is 0 Å². The summed E-state index contributed by atoms with van der Waals surface area (Å²) in [6, 6.07) is 7.87. The zero-order valence-corrected chi connectivity index (χ0v) is 15.5. The van der Waals surface area contributed by atoms with Gasteiger partial charge in [-0.2, -0.15) is 0 Å². The molecule has 140 valence electrons. The highest BCUT2D eigenvalue weighted by Gasteiger charge is 2.16. The van der Waals surface area contributed by atoms with Crippen molar-refractivity contribution in [1.82, 2.24) is 24.9 Å². The average molecular weight is 372 g/mol. The number of nitrogens with zero attached hydrogens (tertiary/aromatic N) is 5. The summed E-state index contributed by atoms with van der Waals surface area (Å²) in [4.78, 5) is 22.1. The molecule has 7 nitrogen and oxygen atoms in total. The average Bonchev–Trinajstić information content (AvgIpc) is 3.18. The van der Waals surface area contributed by atoms with E-state index in [-0.39, 0.29) is 0 Å². The highest BCUT2D eigenvalue weighted by atomic mass is 16.3. The Bertz CT molecular complexity index is 1030. The second-order valence-corrected chi connectivity index (χ2v) is 6.29. The zero-order valence-electron chi connectivity index (χ0n) is 15.5. The first-order valence-corrected chi connectivity index (χ1v) is 9.13. The molecular weight excluding hydrogens is 352 g/mol. The molecule has 0 aromatic carbocycles. The van der Waals surface area contributed by atoms with E-state index in [1.54, 1.807) is 31.1 Å². The standard InChI is InChI=1S/C21H20N6O/c1-15-17(7-12-28-15)20-18(19-14-22-10-11-24-19)13-26-21(27-20)25-9-4-6-16-5-2-3-8-23-16/h2-3,5,7-8,10-14H,4,6,9H2,1H3,(H,25,26,27). The van der Waals surface area contributed by atoms with Crippen molar-refractivity contribution in [1.29, 1.82) is 0 Å². The van der Waals surface area contributed by atoms with Crippen LogP contribution in [0.2, 0.25) is 0 Å². The van der Waals surface area contributed by atoms with E-state index in [1.807, 2.05) is 37.4 Å². The molecule has 4 aromatic heterocycles. The number of hydrogen-bond donors (Lipinski definition) is 1. The van der Waals surface area contributed by atoms with Crippen LogP contribution >= 0.6 is 0 Å². The van der Waals surface area contributed by atoms with Crippen LogP contribution in [0.15, 0.2) is 65.9 Å². The van der Waals surface area contributed by atoms with Gasteiger partial charge in [-0.3, -0.25) is 15.0 Å². The fourth-order valence-electron chi connectivity index (χ4n) is 2.94. The highest BCUT2D eigenvalue weighted by Crippen LogP contribution is 2.31. The molecule has 0 spiro atoms. The summed E-state index contributed by atoms with van der Waals surface area (Å²) in [6.45, 7) is 2.67. The molecule has 28 heavy (non-hydrogen) atoms. The van der Waals surface area contributed by atoms with Crippen molar-refractivity contribution in [2.24, 2.45) is 0 Å². The molecule has 0 aliphatic heterocycles. The summed E-state index contributed by atoms with van der Waals surface area (Å²) in [6.07, 6.45) is 12.1. The Morgan fingerprint density at radius 1 is 0.964 bits per heavy atom. The number of hydrogen-bond acceptors (Lipinski definition) is 7. The third-order valence-electron chi connectivity index (χ3n) is 4.36. The van der Waals surface area contributed by atoms with Gasteiger partial charge in [0.15, 0.2) is 0 Å². The number of nitrogens with one attached hydrogen (secondary N) is 1. The van der Waals surface area contributed by atoms with Gasteiger partial charge in [0.1, 0.15) is 5.76 Å². The van der Waals surface area contributed by atoms with Crippen LogP contribution < -0.4 is 5.32 Å². The third-order valence-corrected chi connectivity index (χ3v) is 4.36. The Kier molecular flexibility index (Phi) is 5.33. The summed E-state index contributed by atoms with van der Waals surface area (Å²) in [7, 11) is 0. The number of rotatable bonds is 7. The molecule has 0 radical (unpaired) electrons. The quantitative estimate of drug-likeness (QED) is 0.491. The second-order valence-electron chi connectivity index (χ2n) is 6.29. The van der Waals surface area contributed by atoms with Gasteiger partial charge in [-0.15, -0.1) is 0 Å². The van der Waals surface area contributed by atoms with Crippen molar-refractivity contribution in [2.45, 2.75) is 19.8 Å². The molecule has 4 heterocycles. The molecule has 0 aliphatic carbocycles. The molecule has 1 N–H and O–H groups in total.